The third-order valence-corrected chi connectivity index (χ3v) is 4.47. The lowest BCUT2D eigenvalue weighted by atomic mass is 10.1. The molecule has 1 atom stereocenters. The smallest absolute Gasteiger partial charge is 0.158 e. The Kier molecular flexibility index (Phi) is 3.50. The third kappa shape index (κ3) is 2.13. The first-order chi connectivity index (χ1) is 9.49. The van der Waals surface area contributed by atoms with Gasteiger partial charge in [-0.25, -0.2) is 4.98 Å². The molecule has 0 spiro atoms. The Morgan fingerprint density at radius 1 is 1.25 bits per heavy atom. The van der Waals surface area contributed by atoms with Gasteiger partial charge >= 0.3 is 0 Å². The van der Waals surface area contributed by atoms with E-state index in [-0.39, 0.29) is 5.38 Å². The Hall–Kier alpha value is -1.07. The number of hydrogen-bond donors (Lipinski definition) is 0. The average molecular weight is 296 g/mol. The topological polar surface area (TPSA) is 38.9 Å². The molecule has 20 heavy (non-hydrogen) atoms. The van der Waals surface area contributed by atoms with Gasteiger partial charge in [0.1, 0.15) is 11.3 Å². The van der Waals surface area contributed by atoms with Gasteiger partial charge in [0.25, 0.3) is 0 Å². The van der Waals surface area contributed by atoms with Crippen LogP contribution < -0.4 is 0 Å². The van der Waals surface area contributed by atoms with Crippen molar-refractivity contribution >= 4 is 22.8 Å². The second-order valence-electron chi connectivity index (χ2n) is 5.87. The summed E-state index contributed by atoms with van der Waals surface area (Å²) in [4.78, 5) is 7.14. The van der Waals surface area contributed by atoms with E-state index in [2.05, 4.69) is 21.6 Å². The first-order valence-corrected chi connectivity index (χ1v) is 7.66. The summed E-state index contributed by atoms with van der Waals surface area (Å²) < 4.78 is 4.28. The van der Waals surface area contributed by atoms with Crippen molar-refractivity contribution in [2.75, 3.05) is 20.1 Å². The van der Waals surface area contributed by atoms with Crippen molar-refractivity contribution in [1.29, 1.82) is 0 Å². The third-order valence-electron chi connectivity index (χ3n) is 4.27. The van der Waals surface area contributed by atoms with Crippen LogP contribution >= 0.6 is 11.6 Å². The van der Waals surface area contributed by atoms with Crippen LogP contribution in [0.1, 0.15) is 42.7 Å². The Morgan fingerprint density at radius 2 is 1.90 bits per heavy atom. The molecule has 0 aromatic carbocycles. The zero-order valence-corrected chi connectivity index (χ0v) is 13.4. The monoisotopic (exact) mass is 295 g/mol. The van der Waals surface area contributed by atoms with Gasteiger partial charge in [-0.05, 0) is 46.8 Å². The molecule has 0 radical (unpaired) electrons. The maximum absolute atomic E-state index is 6.37. The second-order valence-corrected chi connectivity index (χ2v) is 6.53. The van der Waals surface area contributed by atoms with Crippen LogP contribution in [0.2, 0.25) is 0 Å². The molecule has 1 unspecified atom stereocenters. The summed E-state index contributed by atoms with van der Waals surface area (Å²) in [5.41, 5.74) is 3.08. The summed E-state index contributed by atoms with van der Waals surface area (Å²) in [6.07, 6.45) is 2.28. The van der Waals surface area contributed by atoms with Crippen LogP contribution in [-0.4, -0.2) is 44.4 Å². The standard InChI is InChI=1S/C14H22ClN5/c1-9(15)13-16-12-10(2)17-19(4)14(12)20(13)11-5-7-18(3)8-6-11/h9,11H,5-8H2,1-4H3. The maximum Gasteiger partial charge on any atom is 0.158 e. The lowest BCUT2D eigenvalue weighted by molar-refractivity contribution is 0.220. The van der Waals surface area contributed by atoms with Gasteiger partial charge in [0.2, 0.25) is 0 Å². The quantitative estimate of drug-likeness (QED) is 0.800. The molecule has 1 fully saturated rings. The Morgan fingerprint density at radius 3 is 2.50 bits per heavy atom. The van der Waals surface area contributed by atoms with Gasteiger partial charge < -0.3 is 9.47 Å². The molecule has 0 amide bonds. The predicted molar refractivity (Wildman–Crippen MR) is 81.3 cm³/mol. The molecule has 2 aromatic rings. The van der Waals surface area contributed by atoms with Gasteiger partial charge in [-0.1, -0.05) is 0 Å². The van der Waals surface area contributed by atoms with E-state index in [1.807, 2.05) is 25.6 Å². The van der Waals surface area contributed by atoms with Crippen molar-refractivity contribution < 1.29 is 0 Å². The molecule has 1 saturated heterocycles. The van der Waals surface area contributed by atoms with Gasteiger partial charge in [0.05, 0.1) is 11.1 Å². The Labute approximate surface area is 124 Å². The van der Waals surface area contributed by atoms with E-state index in [4.69, 9.17) is 16.6 Å². The normalized spacial score (nSPS) is 19.9. The molecule has 6 heteroatoms. The zero-order valence-electron chi connectivity index (χ0n) is 12.6. The summed E-state index contributed by atoms with van der Waals surface area (Å²) in [5, 5.41) is 4.42. The number of aryl methyl sites for hydroxylation is 2. The van der Waals surface area contributed by atoms with Gasteiger partial charge in [-0.15, -0.1) is 11.6 Å². The molecule has 110 valence electrons. The molecular formula is C14H22ClN5. The van der Waals surface area contributed by atoms with Crippen molar-refractivity contribution in [3.05, 3.63) is 11.5 Å². The largest absolute Gasteiger partial charge is 0.308 e. The number of halogens is 1. The summed E-state index contributed by atoms with van der Waals surface area (Å²) >= 11 is 6.37. The van der Waals surface area contributed by atoms with Crippen molar-refractivity contribution in [3.63, 3.8) is 0 Å². The fraction of sp³-hybridized carbons (Fsp3) is 0.714. The van der Waals surface area contributed by atoms with Gasteiger partial charge in [0, 0.05) is 13.1 Å². The van der Waals surface area contributed by atoms with Crippen LogP contribution in [0.25, 0.3) is 11.2 Å². The fourth-order valence-electron chi connectivity index (χ4n) is 3.21. The van der Waals surface area contributed by atoms with Crippen LogP contribution in [-0.2, 0) is 7.05 Å². The molecule has 5 nitrogen and oxygen atoms in total. The van der Waals surface area contributed by atoms with Crippen LogP contribution in [0, 0.1) is 6.92 Å². The van der Waals surface area contributed by atoms with Crippen molar-refractivity contribution in [2.24, 2.45) is 7.05 Å². The molecule has 3 heterocycles. The van der Waals surface area contributed by atoms with Gasteiger partial charge in [0.15, 0.2) is 5.65 Å². The van der Waals surface area contributed by atoms with E-state index in [0.717, 1.165) is 48.6 Å². The van der Waals surface area contributed by atoms with Crippen molar-refractivity contribution in [1.82, 2.24) is 24.2 Å². The van der Waals surface area contributed by atoms with E-state index in [1.54, 1.807) is 0 Å². The molecule has 2 aromatic heterocycles. The van der Waals surface area contributed by atoms with Crippen molar-refractivity contribution in [2.45, 2.75) is 38.1 Å². The predicted octanol–water partition coefficient (Wildman–Crippen LogP) is 2.64. The molecule has 1 aliphatic heterocycles. The number of imidazole rings is 1. The van der Waals surface area contributed by atoms with E-state index < -0.39 is 0 Å². The number of nitrogens with zero attached hydrogens (tertiary/aromatic N) is 5. The van der Waals surface area contributed by atoms with E-state index in [0.29, 0.717) is 6.04 Å². The van der Waals surface area contributed by atoms with Gasteiger partial charge in [-0.3, -0.25) is 4.68 Å². The number of rotatable bonds is 2. The highest BCUT2D eigenvalue weighted by atomic mass is 35.5. The van der Waals surface area contributed by atoms with Crippen LogP contribution in [0.4, 0.5) is 0 Å². The fourth-order valence-corrected chi connectivity index (χ4v) is 3.36. The minimum absolute atomic E-state index is 0.0820. The first kappa shape index (κ1) is 13.9. The van der Waals surface area contributed by atoms with Crippen LogP contribution in [0.3, 0.4) is 0 Å². The second kappa shape index (κ2) is 5.04. The summed E-state index contributed by atoms with van der Waals surface area (Å²) in [5.74, 6) is 0.979. The SMILES string of the molecule is Cc1nn(C)c2c1nc(C(C)Cl)n2C1CCN(C)CC1. The van der Waals surface area contributed by atoms with Crippen molar-refractivity contribution in [3.8, 4) is 0 Å². The van der Waals surface area contributed by atoms with E-state index in [9.17, 15) is 0 Å². The highest BCUT2D eigenvalue weighted by molar-refractivity contribution is 6.20. The molecule has 0 bridgehead atoms. The summed E-state index contributed by atoms with van der Waals surface area (Å²) in [7, 11) is 4.17. The minimum atomic E-state index is -0.0820. The first-order valence-electron chi connectivity index (χ1n) is 7.23. The van der Waals surface area contributed by atoms with E-state index in [1.165, 1.54) is 0 Å². The summed E-state index contributed by atoms with van der Waals surface area (Å²) in [6.45, 7) is 6.25. The molecule has 0 saturated carbocycles. The number of hydrogen-bond acceptors (Lipinski definition) is 3. The molecule has 1 aliphatic rings. The Bertz CT molecular complexity index is 619. The number of aromatic nitrogens is 4. The highest BCUT2D eigenvalue weighted by Crippen LogP contribution is 2.33. The lowest BCUT2D eigenvalue weighted by Gasteiger charge is -2.31. The molecular weight excluding hydrogens is 274 g/mol. The minimum Gasteiger partial charge on any atom is -0.308 e. The number of piperidine rings is 1. The number of fused-ring (bicyclic) bond motifs is 1. The highest BCUT2D eigenvalue weighted by Gasteiger charge is 2.27. The molecule has 0 N–H and O–H groups in total. The summed E-state index contributed by atoms with van der Waals surface area (Å²) in [6, 6.07) is 0.474. The number of alkyl halides is 1. The Balaban J connectivity index is 2.13. The van der Waals surface area contributed by atoms with E-state index >= 15 is 0 Å². The average Bonchev–Trinajstić information content (AvgIpc) is 2.90. The zero-order chi connectivity index (χ0) is 14.4. The van der Waals surface area contributed by atoms with Gasteiger partial charge in [-0.2, -0.15) is 5.10 Å². The lowest BCUT2D eigenvalue weighted by Crippen LogP contribution is -2.32. The maximum atomic E-state index is 6.37. The number of likely N-dealkylation sites (tertiary alicyclic amines) is 1. The molecule has 3 rings (SSSR count). The van der Waals surface area contributed by atoms with Crippen LogP contribution in [0.15, 0.2) is 0 Å². The van der Waals surface area contributed by atoms with Crippen LogP contribution in [0.5, 0.6) is 0 Å². The molecule has 0 aliphatic carbocycles.